The molecule has 118 valence electrons. The van der Waals surface area contributed by atoms with Crippen LogP contribution in [-0.4, -0.2) is 27.2 Å². The van der Waals surface area contributed by atoms with Gasteiger partial charge in [-0.2, -0.15) is 0 Å². The van der Waals surface area contributed by atoms with Crippen molar-refractivity contribution in [3.63, 3.8) is 0 Å². The zero-order valence-corrected chi connectivity index (χ0v) is 13.2. The molecule has 2 rings (SSSR count). The Morgan fingerprint density at radius 1 is 1.38 bits per heavy atom. The summed E-state index contributed by atoms with van der Waals surface area (Å²) in [5.41, 5.74) is 2.85. The highest BCUT2D eigenvalue weighted by Crippen LogP contribution is 2.32. The Morgan fingerprint density at radius 2 is 2.10 bits per heavy atom. The van der Waals surface area contributed by atoms with Crippen molar-refractivity contribution in [3.8, 4) is 0 Å². The topological polar surface area (TPSA) is 96.1 Å². The fourth-order valence-corrected chi connectivity index (χ4v) is 3.07. The van der Waals surface area contributed by atoms with E-state index in [-0.39, 0.29) is 0 Å². The maximum absolute atomic E-state index is 10.7. The van der Waals surface area contributed by atoms with Crippen molar-refractivity contribution in [2.75, 3.05) is 17.3 Å². The van der Waals surface area contributed by atoms with Crippen molar-refractivity contribution in [2.24, 2.45) is 11.8 Å². The predicted octanol–water partition coefficient (Wildman–Crippen LogP) is 1.99. The molecule has 1 fully saturated rings. The van der Waals surface area contributed by atoms with E-state index in [0.29, 0.717) is 18.3 Å². The van der Waals surface area contributed by atoms with Gasteiger partial charge in [0, 0.05) is 18.5 Å². The van der Waals surface area contributed by atoms with Crippen molar-refractivity contribution < 1.29 is 5.11 Å². The first-order valence-corrected chi connectivity index (χ1v) is 7.78. The smallest absolute Gasteiger partial charge is 0.148 e. The molecule has 2 atom stereocenters. The van der Waals surface area contributed by atoms with Crippen LogP contribution in [0.15, 0.2) is 0 Å². The standard InChI is InChI=1S/C15H27N5O/c1-4-12-18-13(11(3)14(19-12)20-16)17-9-15(21)7-5-6-10(2)8-15/h10,21H,4-9,16H2,1-3H3,(H2,17,18,19,20). The number of nitrogen functional groups attached to an aromatic ring is 1. The number of anilines is 2. The van der Waals surface area contributed by atoms with E-state index in [1.807, 2.05) is 13.8 Å². The van der Waals surface area contributed by atoms with Gasteiger partial charge in [-0.25, -0.2) is 15.8 Å². The number of rotatable bonds is 5. The highest BCUT2D eigenvalue weighted by atomic mass is 16.3. The molecule has 0 radical (unpaired) electrons. The van der Waals surface area contributed by atoms with E-state index in [9.17, 15) is 5.11 Å². The highest BCUT2D eigenvalue weighted by Gasteiger charge is 2.32. The molecule has 6 nitrogen and oxygen atoms in total. The van der Waals surface area contributed by atoms with Gasteiger partial charge in [0.15, 0.2) is 0 Å². The Hall–Kier alpha value is -1.40. The number of nitrogens with one attached hydrogen (secondary N) is 2. The summed E-state index contributed by atoms with van der Waals surface area (Å²) in [4.78, 5) is 8.85. The van der Waals surface area contributed by atoms with Crippen LogP contribution in [-0.2, 0) is 6.42 Å². The fraction of sp³-hybridized carbons (Fsp3) is 0.733. The molecule has 21 heavy (non-hydrogen) atoms. The summed E-state index contributed by atoms with van der Waals surface area (Å²) in [6.45, 7) is 6.64. The van der Waals surface area contributed by atoms with Crippen molar-refractivity contribution in [1.29, 1.82) is 0 Å². The molecule has 0 aliphatic heterocycles. The van der Waals surface area contributed by atoms with Crippen molar-refractivity contribution in [3.05, 3.63) is 11.4 Å². The number of hydrogen-bond acceptors (Lipinski definition) is 6. The van der Waals surface area contributed by atoms with Gasteiger partial charge in [-0.1, -0.05) is 26.7 Å². The monoisotopic (exact) mass is 293 g/mol. The summed E-state index contributed by atoms with van der Waals surface area (Å²) in [6, 6.07) is 0. The third-order valence-electron chi connectivity index (χ3n) is 4.30. The quantitative estimate of drug-likeness (QED) is 0.490. The van der Waals surface area contributed by atoms with Gasteiger partial charge >= 0.3 is 0 Å². The van der Waals surface area contributed by atoms with E-state index in [0.717, 1.165) is 42.9 Å². The van der Waals surface area contributed by atoms with E-state index in [2.05, 4.69) is 27.6 Å². The lowest BCUT2D eigenvalue weighted by atomic mass is 9.79. The number of aryl methyl sites for hydroxylation is 1. The van der Waals surface area contributed by atoms with Crippen LogP contribution in [0.4, 0.5) is 11.6 Å². The minimum atomic E-state index is -0.641. The third kappa shape index (κ3) is 3.83. The second kappa shape index (κ2) is 6.58. The van der Waals surface area contributed by atoms with Crippen molar-refractivity contribution in [2.45, 2.75) is 58.5 Å². The molecular weight excluding hydrogens is 266 g/mol. The lowest BCUT2D eigenvalue weighted by molar-refractivity contribution is -0.000838. The number of hydrazine groups is 1. The van der Waals surface area contributed by atoms with E-state index >= 15 is 0 Å². The molecule has 5 N–H and O–H groups in total. The van der Waals surface area contributed by atoms with Crippen molar-refractivity contribution >= 4 is 11.6 Å². The second-order valence-corrected chi connectivity index (χ2v) is 6.24. The molecule has 0 spiro atoms. The molecule has 1 heterocycles. The van der Waals surface area contributed by atoms with Crippen LogP contribution in [0, 0.1) is 12.8 Å². The molecule has 1 aliphatic carbocycles. The van der Waals surface area contributed by atoms with E-state index in [1.54, 1.807) is 0 Å². The van der Waals surface area contributed by atoms with Crippen LogP contribution >= 0.6 is 0 Å². The molecule has 0 amide bonds. The average molecular weight is 293 g/mol. The molecular formula is C15H27N5O. The molecule has 0 aromatic carbocycles. The summed E-state index contributed by atoms with van der Waals surface area (Å²) in [5, 5.41) is 14.0. The maximum atomic E-state index is 10.7. The first kappa shape index (κ1) is 16.0. The Labute approximate surface area is 126 Å². The molecule has 1 saturated carbocycles. The lowest BCUT2D eigenvalue weighted by Crippen LogP contribution is -2.41. The van der Waals surface area contributed by atoms with Crippen LogP contribution in [0.2, 0.25) is 0 Å². The number of nitrogens with two attached hydrogens (primary N) is 1. The number of aromatic nitrogens is 2. The molecule has 1 aromatic heterocycles. The molecule has 6 heteroatoms. The van der Waals surface area contributed by atoms with Gasteiger partial charge < -0.3 is 15.8 Å². The van der Waals surface area contributed by atoms with E-state index in [4.69, 9.17) is 5.84 Å². The second-order valence-electron chi connectivity index (χ2n) is 6.24. The maximum Gasteiger partial charge on any atom is 0.148 e. The molecule has 2 unspecified atom stereocenters. The summed E-state index contributed by atoms with van der Waals surface area (Å²) in [5.74, 6) is 8.20. The van der Waals surface area contributed by atoms with Gasteiger partial charge in [0.2, 0.25) is 0 Å². The first-order valence-electron chi connectivity index (χ1n) is 7.78. The fourth-order valence-electron chi connectivity index (χ4n) is 3.07. The van der Waals surface area contributed by atoms with Gasteiger partial charge in [0.1, 0.15) is 17.5 Å². The van der Waals surface area contributed by atoms with E-state index < -0.39 is 5.60 Å². The van der Waals surface area contributed by atoms with Crippen LogP contribution < -0.4 is 16.6 Å². The number of hydrogen-bond donors (Lipinski definition) is 4. The number of nitrogens with zero attached hydrogens (tertiary/aromatic N) is 2. The van der Waals surface area contributed by atoms with Gasteiger partial charge in [-0.15, -0.1) is 0 Å². The summed E-state index contributed by atoms with van der Waals surface area (Å²) in [7, 11) is 0. The third-order valence-corrected chi connectivity index (χ3v) is 4.30. The average Bonchev–Trinajstić information content (AvgIpc) is 2.46. The minimum Gasteiger partial charge on any atom is -0.388 e. The summed E-state index contributed by atoms with van der Waals surface area (Å²) < 4.78 is 0. The van der Waals surface area contributed by atoms with Gasteiger partial charge in [0.25, 0.3) is 0 Å². The highest BCUT2D eigenvalue weighted by molar-refractivity contribution is 5.56. The van der Waals surface area contributed by atoms with Crippen molar-refractivity contribution in [1.82, 2.24) is 9.97 Å². The largest absolute Gasteiger partial charge is 0.388 e. The lowest BCUT2D eigenvalue weighted by Gasteiger charge is -2.35. The Balaban J connectivity index is 2.12. The first-order chi connectivity index (χ1) is 9.97. The summed E-state index contributed by atoms with van der Waals surface area (Å²) >= 11 is 0. The zero-order chi connectivity index (χ0) is 15.5. The van der Waals surface area contributed by atoms with Crippen LogP contribution in [0.5, 0.6) is 0 Å². The molecule has 1 aromatic rings. The Kier molecular flexibility index (Phi) is 5.00. The Bertz CT molecular complexity index is 493. The van der Waals surface area contributed by atoms with E-state index in [1.165, 1.54) is 6.42 Å². The Morgan fingerprint density at radius 3 is 2.71 bits per heavy atom. The minimum absolute atomic E-state index is 0.516. The molecule has 0 saturated heterocycles. The van der Waals surface area contributed by atoms with Crippen LogP contribution in [0.25, 0.3) is 0 Å². The molecule has 1 aliphatic rings. The van der Waals surface area contributed by atoms with Crippen LogP contribution in [0.3, 0.4) is 0 Å². The predicted molar refractivity (Wildman–Crippen MR) is 85.0 cm³/mol. The molecule has 0 bridgehead atoms. The number of aliphatic hydroxyl groups is 1. The van der Waals surface area contributed by atoms with Gasteiger partial charge in [0.05, 0.1) is 5.60 Å². The van der Waals surface area contributed by atoms with Gasteiger partial charge in [-0.05, 0) is 25.7 Å². The SMILES string of the molecule is CCc1nc(NN)c(C)c(NCC2(O)CCCC(C)C2)n1. The summed E-state index contributed by atoms with van der Waals surface area (Å²) in [6.07, 6.45) is 4.71. The van der Waals surface area contributed by atoms with Gasteiger partial charge in [-0.3, -0.25) is 0 Å². The van der Waals surface area contributed by atoms with Crippen LogP contribution in [0.1, 0.15) is 50.9 Å². The normalized spacial score (nSPS) is 25.7. The zero-order valence-electron chi connectivity index (χ0n) is 13.2.